The number of ether oxygens (including phenoxy) is 2. The van der Waals surface area contributed by atoms with Crippen LogP contribution in [-0.4, -0.2) is 24.1 Å². The fourth-order valence-corrected chi connectivity index (χ4v) is 2.01. The van der Waals surface area contributed by atoms with Crippen LogP contribution >= 0.6 is 0 Å². The Morgan fingerprint density at radius 2 is 1.86 bits per heavy atom. The molecule has 1 aliphatic rings. The maximum Gasteiger partial charge on any atom is 0.274 e. The Kier molecular flexibility index (Phi) is 3.81. The van der Waals surface area contributed by atoms with E-state index < -0.39 is 0 Å². The molecule has 3 rings (SSSR count). The van der Waals surface area contributed by atoms with Crippen LogP contribution in [-0.2, 0) is 9.47 Å². The number of benzene rings is 1. The first-order valence-electron chi connectivity index (χ1n) is 6.58. The van der Waals surface area contributed by atoms with E-state index in [-0.39, 0.29) is 12.2 Å². The van der Waals surface area contributed by atoms with Gasteiger partial charge in [-0.05, 0) is 24.3 Å². The van der Waals surface area contributed by atoms with Crippen LogP contribution in [0.25, 0.3) is 0 Å². The van der Waals surface area contributed by atoms with Gasteiger partial charge in [0.05, 0.1) is 25.1 Å². The lowest BCUT2D eigenvalue weighted by molar-refractivity contribution is -0.0441. The molecule has 6 nitrogen and oxygen atoms in total. The van der Waals surface area contributed by atoms with E-state index in [4.69, 9.17) is 15.2 Å². The monoisotopic (exact) mass is 285 g/mol. The molecular formula is C15H15N3O3. The van der Waals surface area contributed by atoms with Crippen molar-refractivity contribution >= 4 is 17.3 Å². The number of hydrogen-bond acceptors (Lipinski definition) is 5. The summed E-state index contributed by atoms with van der Waals surface area (Å²) in [6, 6.07) is 10.5. The minimum Gasteiger partial charge on any atom is -0.397 e. The van der Waals surface area contributed by atoms with Crippen LogP contribution in [0, 0.1) is 0 Å². The number of nitrogens with one attached hydrogen (secondary N) is 1. The Labute approximate surface area is 121 Å². The van der Waals surface area contributed by atoms with Crippen molar-refractivity contribution < 1.29 is 14.3 Å². The molecule has 1 aromatic heterocycles. The second-order valence-corrected chi connectivity index (χ2v) is 4.63. The van der Waals surface area contributed by atoms with Crippen molar-refractivity contribution in [3.63, 3.8) is 0 Å². The van der Waals surface area contributed by atoms with Crippen molar-refractivity contribution in [2.75, 3.05) is 24.3 Å². The molecule has 6 heteroatoms. The molecule has 0 bridgehead atoms. The number of carbonyl (C=O) groups excluding carboxylic acids is 1. The van der Waals surface area contributed by atoms with E-state index in [1.165, 1.54) is 6.20 Å². The zero-order chi connectivity index (χ0) is 14.7. The molecule has 1 saturated heterocycles. The number of pyridine rings is 1. The van der Waals surface area contributed by atoms with Gasteiger partial charge in [-0.25, -0.2) is 4.98 Å². The average molecular weight is 285 g/mol. The lowest BCUT2D eigenvalue weighted by atomic mass is 10.2. The van der Waals surface area contributed by atoms with Crippen molar-refractivity contribution in [2.45, 2.75) is 6.29 Å². The molecule has 0 radical (unpaired) electrons. The number of amides is 1. The van der Waals surface area contributed by atoms with E-state index in [1.54, 1.807) is 24.3 Å². The molecule has 21 heavy (non-hydrogen) atoms. The standard InChI is InChI=1S/C15H15N3O3/c16-11-3-6-13(17-9-11)14(19)18-12-4-1-10(2-5-12)15-20-7-8-21-15/h1-6,9,15H,7-8,16H2,(H,18,19). The number of nitrogens with zero attached hydrogens (tertiary/aromatic N) is 1. The molecule has 0 unspecified atom stereocenters. The molecule has 108 valence electrons. The van der Waals surface area contributed by atoms with E-state index in [0.717, 1.165) is 5.56 Å². The second-order valence-electron chi connectivity index (χ2n) is 4.63. The van der Waals surface area contributed by atoms with Crippen molar-refractivity contribution in [1.29, 1.82) is 0 Å². The van der Waals surface area contributed by atoms with Gasteiger partial charge in [-0.1, -0.05) is 12.1 Å². The van der Waals surface area contributed by atoms with Gasteiger partial charge in [0.2, 0.25) is 0 Å². The highest BCUT2D eigenvalue weighted by Gasteiger charge is 2.18. The van der Waals surface area contributed by atoms with Gasteiger partial charge in [0.1, 0.15) is 5.69 Å². The van der Waals surface area contributed by atoms with Crippen molar-refractivity contribution in [1.82, 2.24) is 4.98 Å². The van der Waals surface area contributed by atoms with E-state index in [2.05, 4.69) is 10.3 Å². The molecule has 1 aromatic carbocycles. The van der Waals surface area contributed by atoms with Gasteiger partial charge < -0.3 is 20.5 Å². The minimum absolute atomic E-state index is 0.281. The van der Waals surface area contributed by atoms with Crippen LogP contribution in [0.5, 0.6) is 0 Å². The molecule has 1 amide bonds. The summed E-state index contributed by atoms with van der Waals surface area (Å²) in [5.41, 5.74) is 7.98. The summed E-state index contributed by atoms with van der Waals surface area (Å²) in [6.45, 7) is 1.21. The van der Waals surface area contributed by atoms with E-state index in [1.807, 2.05) is 12.1 Å². The zero-order valence-electron chi connectivity index (χ0n) is 11.3. The third kappa shape index (κ3) is 3.18. The van der Waals surface area contributed by atoms with Crippen LogP contribution in [0.1, 0.15) is 22.3 Å². The maximum atomic E-state index is 12.0. The van der Waals surface area contributed by atoms with Gasteiger partial charge in [0, 0.05) is 11.3 Å². The Balaban J connectivity index is 1.67. The number of hydrogen-bond donors (Lipinski definition) is 2. The highest BCUT2D eigenvalue weighted by atomic mass is 16.7. The Morgan fingerprint density at radius 1 is 1.14 bits per heavy atom. The fraction of sp³-hybridized carbons (Fsp3) is 0.200. The van der Waals surface area contributed by atoms with Gasteiger partial charge in [0.15, 0.2) is 6.29 Å². The first-order chi connectivity index (χ1) is 10.2. The SMILES string of the molecule is Nc1ccc(C(=O)Nc2ccc(C3OCCO3)cc2)nc1. The summed E-state index contributed by atoms with van der Waals surface area (Å²) in [7, 11) is 0. The van der Waals surface area contributed by atoms with Crippen LogP contribution < -0.4 is 11.1 Å². The molecule has 3 N–H and O–H groups in total. The smallest absolute Gasteiger partial charge is 0.274 e. The lowest BCUT2D eigenvalue weighted by Crippen LogP contribution is -2.13. The molecule has 1 fully saturated rings. The highest BCUT2D eigenvalue weighted by Crippen LogP contribution is 2.24. The Hall–Kier alpha value is -2.44. The molecular weight excluding hydrogens is 270 g/mol. The number of aromatic nitrogens is 1. The van der Waals surface area contributed by atoms with Gasteiger partial charge in [-0.2, -0.15) is 0 Å². The normalized spacial score (nSPS) is 15.0. The average Bonchev–Trinajstić information content (AvgIpc) is 3.03. The Morgan fingerprint density at radius 3 is 2.48 bits per heavy atom. The summed E-state index contributed by atoms with van der Waals surface area (Å²) in [6.07, 6.45) is 1.14. The van der Waals surface area contributed by atoms with Crippen LogP contribution in [0.15, 0.2) is 42.6 Å². The molecule has 0 aliphatic carbocycles. The second kappa shape index (κ2) is 5.90. The van der Waals surface area contributed by atoms with Crippen LogP contribution in [0.2, 0.25) is 0 Å². The van der Waals surface area contributed by atoms with E-state index in [9.17, 15) is 4.79 Å². The lowest BCUT2D eigenvalue weighted by Gasteiger charge is -2.10. The number of rotatable bonds is 3. The maximum absolute atomic E-state index is 12.0. The van der Waals surface area contributed by atoms with Crippen molar-refractivity contribution in [3.8, 4) is 0 Å². The van der Waals surface area contributed by atoms with Gasteiger partial charge in [-0.3, -0.25) is 4.79 Å². The number of carbonyl (C=O) groups is 1. The molecule has 1 aliphatic heterocycles. The van der Waals surface area contributed by atoms with E-state index in [0.29, 0.717) is 30.3 Å². The summed E-state index contributed by atoms with van der Waals surface area (Å²) in [5.74, 6) is -0.281. The minimum atomic E-state index is -0.312. The predicted molar refractivity (Wildman–Crippen MR) is 77.7 cm³/mol. The van der Waals surface area contributed by atoms with Gasteiger partial charge in [-0.15, -0.1) is 0 Å². The van der Waals surface area contributed by atoms with Gasteiger partial charge >= 0.3 is 0 Å². The Bertz CT molecular complexity index is 620. The summed E-state index contributed by atoms with van der Waals surface area (Å²) in [4.78, 5) is 16.0. The largest absolute Gasteiger partial charge is 0.397 e. The molecule has 0 saturated carbocycles. The van der Waals surface area contributed by atoms with Gasteiger partial charge in [0.25, 0.3) is 5.91 Å². The predicted octanol–water partition coefficient (Wildman–Crippen LogP) is 1.96. The fourth-order valence-electron chi connectivity index (χ4n) is 2.01. The zero-order valence-corrected chi connectivity index (χ0v) is 11.3. The first-order valence-corrected chi connectivity index (χ1v) is 6.58. The van der Waals surface area contributed by atoms with Crippen molar-refractivity contribution in [3.05, 3.63) is 53.9 Å². The molecule has 2 heterocycles. The van der Waals surface area contributed by atoms with Crippen molar-refractivity contribution in [2.24, 2.45) is 0 Å². The third-order valence-electron chi connectivity index (χ3n) is 3.08. The number of nitrogen functional groups attached to an aromatic ring is 1. The highest BCUT2D eigenvalue weighted by molar-refractivity contribution is 6.02. The first kappa shape index (κ1) is 13.5. The summed E-state index contributed by atoms with van der Waals surface area (Å²) < 4.78 is 10.8. The number of anilines is 2. The van der Waals surface area contributed by atoms with E-state index >= 15 is 0 Å². The molecule has 2 aromatic rings. The van der Waals surface area contributed by atoms with Crippen LogP contribution in [0.4, 0.5) is 11.4 Å². The molecule has 0 atom stereocenters. The quantitative estimate of drug-likeness (QED) is 0.900. The third-order valence-corrected chi connectivity index (χ3v) is 3.08. The topological polar surface area (TPSA) is 86.5 Å². The van der Waals surface area contributed by atoms with Crippen LogP contribution in [0.3, 0.4) is 0 Å². The summed E-state index contributed by atoms with van der Waals surface area (Å²) >= 11 is 0. The summed E-state index contributed by atoms with van der Waals surface area (Å²) in [5, 5.41) is 2.77. The number of nitrogens with two attached hydrogens (primary N) is 1. The molecule has 0 spiro atoms.